The lowest BCUT2D eigenvalue weighted by molar-refractivity contribution is -0.143. The molecular weight excluding hydrogens is 314 g/mol. The highest BCUT2D eigenvalue weighted by Gasteiger charge is 2.08. The molecule has 0 heterocycles. The van der Waals surface area contributed by atoms with Crippen molar-refractivity contribution >= 4 is 18.0 Å². The highest BCUT2D eigenvalue weighted by molar-refractivity contribution is 5.91. The second-order valence-corrected chi connectivity index (χ2v) is 5.64. The van der Waals surface area contributed by atoms with Crippen LogP contribution in [0.5, 0.6) is 0 Å². The summed E-state index contributed by atoms with van der Waals surface area (Å²) in [6.45, 7) is 2.46. The molecule has 0 N–H and O–H groups in total. The van der Waals surface area contributed by atoms with Crippen LogP contribution in [0.4, 0.5) is 0 Å². The van der Waals surface area contributed by atoms with Crippen LogP contribution in [0.25, 0.3) is 17.2 Å². The van der Waals surface area contributed by atoms with Crippen molar-refractivity contribution in [1.29, 1.82) is 0 Å². The molecule has 0 aromatic heterocycles. The topological polar surface area (TPSA) is 46.6 Å². The lowest BCUT2D eigenvalue weighted by Crippen LogP contribution is -2.27. The Balaban J connectivity index is 1.90. The minimum Gasteiger partial charge on any atom is -0.466 e. The predicted molar refractivity (Wildman–Crippen MR) is 99.8 cm³/mol. The average Bonchev–Trinajstić information content (AvgIpc) is 2.65. The molecule has 4 nitrogen and oxygen atoms in total. The van der Waals surface area contributed by atoms with Crippen molar-refractivity contribution in [3.63, 3.8) is 0 Å². The lowest BCUT2D eigenvalue weighted by atomic mass is 10.0. The summed E-state index contributed by atoms with van der Waals surface area (Å²) in [5.74, 6) is -0.431. The summed E-state index contributed by atoms with van der Waals surface area (Å²) in [5.41, 5.74) is 3.25. The van der Waals surface area contributed by atoms with E-state index in [1.807, 2.05) is 42.5 Å². The van der Waals surface area contributed by atoms with E-state index in [1.165, 1.54) is 11.0 Å². The van der Waals surface area contributed by atoms with Crippen LogP contribution in [0.15, 0.2) is 60.7 Å². The molecule has 4 heteroatoms. The second kappa shape index (κ2) is 9.42. The molecule has 1 amide bonds. The summed E-state index contributed by atoms with van der Waals surface area (Å²) in [6.07, 6.45) is 3.50. The zero-order valence-corrected chi connectivity index (χ0v) is 14.6. The van der Waals surface area contributed by atoms with Gasteiger partial charge in [0.05, 0.1) is 13.0 Å². The van der Waals surface area contributed by atoms with Crippen molar-refractivity contribution < 1.29 is 14.3 Å². The van der Waals surface area contributed by atoms with Gasteiger partial charge in [-0.05, 0) is 29.7 Å². The summed E-state index contributed by atoms with van der Waals surface area (Å²) < 4.78 is 4.85. The Kier molecular flexibility index (Phi) is 6.96. The number of ether oxygens (including phenoxy) is 1. The fourth-order valence-electron chi connectivity index (χ4n) is 2.31. The first-order chi connectivity index (χ1) is 12.1. The largest absolute Gasteiger partial charge is 0.466 e. The molecule has 0 aliphatic rings. The Morgan fingerprint density at radius 2 is 1.64 bits per heavy atom. The van der Waals surface area contributed by atoms with Crippen LogP contribution >= 0.6 is 0 Å². The van der Waals surface area contributed by atoms with Crippen molar-refractivity contribution in [1.82, 2.24) is 4.90 Å². The average molecular weight is 337 g/mol. The monoisotopic (exact) mass is 337 g/mol. The van der Waals surface area contributed by atoms with Gasteiger partial charge in [0.15, 0.2) is 0 Å². The number of benzene rings is 2. The van der Waals surface area contributed by atoms with Crippen LogP contribution in [0, 0.1) is 0 Å². The van der Waals surface area contributed by atoms with Crippen LogP contribution in [0.1, 0.15) is 18.9 Å². The van der Waals surface area contributed by atoms with Crippen molar-refractivity contribution in [3.05, 3.63) is 66.2 Å². The number of carbonyl (C=O) groups excluding carboxylic acids is 2. The molecule has 25 heavy (non-hydrogen) atoms. The van der Waals surface area contributed by atoms with Crippen molar-refractivity contribution in [2.45, 2.75) is 13.3 Å². The van der Waals surface area contributed by atoms with Gasteiger partial charge in [0, 0.05) is 19.7 Å². The van der Waals surface area contributed by atoms with E-state index in [2.05, 4.69) is 12.1 Å². The molecule has 0 aliphatic carbocycles. The van der Waals surface area contributed by atoms with E-state index in [-0.39, 0.29) is 18.3 Å². The normalized spacial score (nSPS) is 10.6. The summed E-state index contributed by atoms with van der Waals surface area (Å²) in [4.78, 5) is 24.9. The first-order valence-corrected chi connectivity index (χ1v) is 8.34. The van der Waals surface area contributed by atoms with E-state index in [1.54, 1.807) is 20.0 Å². The SMILES string of the molecule is CCOC(=O)CCN(C)C(=O)/C=C/c1ccc(-c2ccccc2)cc1. The third kappa shape index (κ3) is 5.92. The van der Waals surface area contributed by atoms with Gasteiger partial charge in [0.2, 0.25) is 5.91 Å². The molecule has 0 unspecified atom stereocenters. The lowest BCUT2D eigenvalue weighted by Gasteiger charge is -2.14. The fraction of sp³-hybridized carbons (Fsp3) is 0.238. The fourth-order valence-corrected chi connectivity index (χ4v) is 2.31. The van der Waals surface area contributed by atoms with Gasteiger partial charge in [-0.15, -0.1) is 0 Å². The Morgan fingerprint density at radius 1 is 1.00 bits per heavy atom. The zero-order valence-electron chi connectivity index (χ0n) is 14.6. The van der Waals surface area contributed by atoms with Gasteiger partial charge in [-0.3, -0.25) is 9.59 Å². The summed E-state index contributed by atoms with van der Waals surface area (Å²) >= 11 is 0. The van der Waals surface area contributed by atoms with Crippen LogP contribution in [0.2, 0.25) is 0 Å². The minimum absolute atomic E-state index is 0.142. The van der Waals surface area contributed by atoms with Gasteiger partial charge >= 0.3 is 5.97 Å². The van der Waals surface area contributed by atoms with E-state index < -0.39 is 0 Å². The standard InChI is InChI=1S/C21H23NO3/c1-3-25-21(24)15-16-22(2)20(23)14-11-17-9-12-19(13-10-17)18-7-5-4-6-8-18/h4-14H,3,15-16H2,1-2H3/b14-11+. The number of hydrogen-bond acceptors (Lipinski definition) is 3. The molecule has 2 aromatic carbocycles. The van der Waals surface area contributed by atoms with Crippen LogP contribution in [0.3, 0.4) is 0 Å². The number of hydrogen-bond donors (Lipinski definition) is 0. The van der Waals surface area contributed by atoms with E-state index in [0.29, 0.717) is 13.2 Å². The van der Waals surface area contributed by atoms with Crippen LogP contribution in [-0.2, 0) is 14.3 Å². The number of carbonyl (C=O) groups is 2. The van der Waals surface area contributed by atoms with E-state index >= 15 is 0 Å². The summed E-state index contributed by atoms with van der Waals surface area (Å²) in [5, 5.41) is 0. The molecule has 0 saturated carbocycles. The Morgan fingerprint density at radius 3 is 2.28 bits per heavy atom. The Hall–Kier alpha value is -2.88. The maximum absolute atomic E-state index is 12.1. The first-order valence-electron chi connectivity index (χ1n) is 8.34. The molecular formula is C21H23NO3. The van der Waals surface area contributed by atoms with E-state index in [0.717, 1.165) is 16.7 Å². The van der Waals surface area contributed by atoms with E-state index in [4.69, 9.17) is 4.74 Å². The molecule has 0 aliphatic heterocycles. The molecule has 0 spiro atoms. The summed E-state index contributed by atoms with van der Waals surface area (Å²) in [7, 11) is 1.67. The molecule has 0 bridgehead atoms. The zero-order chi connectivity index (χ0) is 18.1. The van der Waals surface area contributed by atoms with Gasteiger partial charge in [0.25, 0.3) is 0 Å². The predicted octanol–water partition coefficient (Wildman–Crippen LogP) is 3.78. The van der Waals surface area contributed by atoms with E-state index in [9.17, 15) is 9.59 Å². The number of rotatable bonds is 7. The molecule has 0 saturated heterocycles. The third-order valence-electron chi connectivity index (χ3n) is 3.77. The smallest absolute Gasteiger partial charge is 0.307 e. The molecule has 2 rings (SSSR count). The highest BCUT2D eigenvalue weighted by atomic mass is 16.5. The minimum atomic E-state index is -0.289. The van der Waals surface area contributed by atoms with Crippen LogP contribution in [-0.4, -0.2) is 37.0 Å². The van der Waals surface area contributed by atoms with Gasteiger partial charge in [-0.25, -0.2) is 0 Å². The summed E-state index contributed by atoms with van der Waals surface area (Å²) in [6, 6.07) is 18.1. The second-order valence-electron chi connectivity index (χ2n) is 5.64. The first kappa shape index (κ1) is 18.5. The quantitative estimate of drug-likeness (QED) is 0.570. The molecule has 0 radical (unpaired) electrons. The third-order valence-corrected chi connectivity index (χ3v) is 3.77. The molecule has 0 atom stereocenters. The van der Waals surface area contributed by atoms with Crippen molar-refractivity contribution in [2.75, 3.05) is 20.2 Å². The number of amides is 1. The maximum atomic E-state index is 12.1. The number of esters is 1. The van der Waals surface area contributed by atoms with Gasteiger partial charge in [-0.2, -0.15) is 0 Å². The Bertz CT molecular complexity index is 721. The molecule has 2 aromatic rings. The number of likely N-dealkylation sites (N-methyl/N-ethyl adjacent to an activating group) is 1. The number of nitrogens with zero attached hydrogens (tertiary/aromatic N) is 1. The Labute approximate surface area is 148 Å². The van der Waals surface area contributed by atoms with Gasteiger partial charge in [-0.1, -0.05) is 54.6 Å². The molecule has 0 fully saturated rings. The maximum Gasteiger partial charge on any atom is 0.307 e. The van der Waals surface area contributed by atoms with Crippen LogP contribution < -0.4 is 0 Å². The van der Waals surface area contributed by atoms with Gasteiger partial charge < -0.3 is 9.64 Å². The van der Waals surface area contributed by atoms with Gasteiger partial charge in [0.1, 0.15) is 0 Å². The highest BCUT2D eigenvalue weighted by Crippen LogP contribution is 2.19. The van der Waals surface area contributed by atoms with Crippen molar-refractivity contribution in [2.24, 2.45) is 0 Å². The van der Waals surface area contributed by atoms with Crippen molar-refractivity contribution in [3.8, 4) is 11.1 Å². The molecule has 130 valence electrons.